The van der Waals surface area contributed by atoms with Crippen molar-refractivity contribution in [3.05, 3.63) is 0 Å². The zero-order chi connectivity index (χ0) is 8.60. The van der Waals surface area contributed by atoms with Crippen LogP contribution < -0.4 is 5.73 Å². The Morgan fingerprint density at radius 1 is 1.33 bits per heavy atom. The van der Waals surface area contributed by atoms with Crippen LogP contribution >= 0.6 is 0 Å². The molecule has 2 rings (SSSR count). The highest BCUT2D eigenvalue weighted by molar-refractivity contribution is 4.98. The predicted octanol–water partition coefficient (Wildman–Crippen LogP) is -0.0698. The molecule has 1 spiro atoms. The lowest BCUT2D eigenvalue weighted by Gasteiger charge is -2.54. The van der Waals surface area contributed by atoms with Gasteiger partial charge in [-0.1, -0.05) is 0 Å². The Labute approximate surface area is 74.5 Å². The molecular weight excluding hydrogens is 150 g/mol. The number of piperidine rings is 1. The van der Waals surface area contributed by atoms with E-state index in [-0.39, 0.29) is 0 Å². The Morgan fingerprint density at radius 2 is 2.08 bits per heavy atom. The molecule has 3 heteroatoms. The fourth-order valence-corrected chi connectivity index (χ4v) is 2.74. The van der Waals surface area contributed by atoms with Crippen LogP contribution in [0.4, 0.5) is 0 Å². The molecule has 2 saturated heterocycles. The highest BCUT2D eigenvalue weighted by Gasteiger charge is 2.43. The SMILES string of the molecule is CN1CCCC2(C1)CN(CN)C2. The first-order valence-corrected chi connectivity index (χ1v) is 4.85. The Balaban J connectivity index is 1.88. The number of nitrogens with zero attached hydrogens (tertiary/aromatic N) is 2. The Bertz CT molecular complexity index is 163. The predicted molar refractivity (Wildman–Crippen MR) is 49.8 cm³/mol. The van der Waals surface area contributed by atoms with Crippen molar-refractivity contribution in [3.8, 4) is 0 Å². The van der Waals surface area contributed by atoms with Gasteiger partial charge in [-0.2, -0.15) is 0 Å². The molecule has 2 N–H and O–H groups in total. The van der Waals surface area contributed by atoms with Crippen molar-refractivity contribution in [2.45, 2.75) is 12.8 Å². The second kappa shape index (κ2) is 2.98. The van der Waals surface area contributed by atoms with Crippen LogP contribution in [-0.2, 0) is 0 Å². The van der Waals surface area contributed by atoms with Gasteiger partial charge in [-0.15, -0.1) is 0 Å². The largest absolute Gasteiger partial charge is 0.318 e. The summed E-state index contributed by atoms with van der Waals surface area (Å²) in [6.07, 6.45) is 2.78. The maximum Gasteiger partial charge on any atom is 0.0455 e. The average Bonchev–Trinajstić information content (AvgIpc) is 1.99. The van der Waals surface area contributed by atoms with Crippen molar-refractivity contribution in [2.24, 2.45) is 11.1 Å². The van der Waals surface area contributed by atoms with Crippen LogP contribution in [-0.4, -0.2) is 49.7 Å². The molecule has 0 atom stereocenters. The number of likely N-dealkylation sites (tertiary alicyclic amines) is 2. The first-order chi connectivity index (χ1) is 5.74. The third kappa shape index (κ3) is 1.37. The monoisotopic (exact) mass is 169 g/mol. The topological polar surface area (TPSA) is 32.5 Å². The summed E-state index contributed by atoms with van der Waals surface area (Å²) in [5.41, 5.74) is 6.19. The number of hydrogen-bond donors (Lipinski definition) is 1. The highest BCUT2D eigenvalue weighted by atomic mass is 15.3. The summed E-state index contributed by atoms with van der Waals surface area (Å²) in [5, 5.41) is 0. The molecule has 0 bridgehead atoms. The first-order valence-electron chi connectivity index (χ1n) is 4.85. The van der Waals surface area contributed by atoms with E-state index in [1.807, 2.05) is 0 Å². The quantitative estimate of drug-likeness (QED) is 0.596. The second-order valence-electron chi connectivity index (χ2n) is 4.51. The molecule has 0 amide bonds. The summed E-state index contributed by atoms with van der Waals surface area (Å²) in [6.45, 7) is 5.76. The summed E-state index contributed by atoms with van der Waals surface area (Å²) in [7, 11) is 2.23. The highest BCUT2D eigenvalue weighted by Crippen LogP contribution is 2.37. The van der Waals surface area contributed by atoms with Gasteiger partial charge in [0.25, 0.3) is 0 Å². The fraction of sp³-hybridized carbons (Fsp3) is 1.00. The van der Waals surface area contributed by atoms with Gasteiger partial charge in [-0.25, -0.2) is 0 Å². The van der Waals surface area contributed by atoms with Gasteiger partial charge in [-0.05, 0) is 26.4 Å². The smallest absolute Gasteiger partial charge is 0.0455 e. The van der Waals surface area contributed by atoms with Gasteiger partial charge in [0.15, 0.2) is 0 Å². The molecule has 0 aromatic rings. The lowest BCUT2D eigenvalue weighted by Crippen LogP contribution is -2.63. The van der Waals surface area contributed by atoms with Crippen LogP contribution in [0.25, 0.3) is 0 Å². The lowest BCUT2D eigenvalue weighted by atomic mass is 9.74. The van der Waals surface area contributed by atoms with Crippen LogP contribution in [0.5, 0.6) is 0 Å². The molecule has 12 heavy (non-hydrogen) atoms. The van der Waals surface area contributed by atoms with Gasteiger partial charge in [-0.3, -0.25) is 4.90 Å². The van der Waals surface area contributed by atoms with Crippen molar-refractivity contribution in [1.29, 1.82) is 0 Å². The molecule has 70 valence electrons. The first kappa shape index (κ1) is 8.48. The van der Waals surface area contributed by atoms with Crippen LogP contribution in [0, 0.1) is 5.41 Å². The second-order valence-corrected chi connectivity index (χ2v) is 4.51. The van der Waals surface area contributed by atoms with Crippen molar-refractivity contribution in [3.63, 3.8) is 0 Å². The van der Waals surface area contributed by atoms with E-state index in [4.69, 9.17) is 5.73 Å². The van der Waals surface area contributed by atoms with Gasteiger partial charge in [0.1, 0.15) is 0 Å². The molecule has 0 unspecified atom stereocenters. The minimum absolute atomic E-state index is 0.617. The summed E-state index contributed by atoms with van der Waals surface area (Å²) in [6, 6.07) is 0. The van der Waals surface area contributed by atoms with E-state index in [0.29, 0.717) is 5.41 Å². The van der Waals surface area contributed by atoms with Crippen molar-refractivity contribution < 1.29 is 0 Å². The number of rotatable bonds is 1. The van der Waals surface area contributed by atoms with Crippen LogP contribution in [0.3, 0.4) is 0 Å². The molecular formula is C9H19N3. The number of hydrogen-bond acceptors (Lipinski definition) is 3. The van der Waals surface area contributed by atoms with Gasteiger partial charge in [0.05, 0.1) is 0 Å². The van der Waals surface area contributed by atoms with Crippen LogP contribution in [0.1, 0.15) is 12.8 Å². The van der Waals surface area contributed by atoms with Gasteiger partial charge in [0, 0.05) is 31.7 Å². The van der Waals surface area contributed by atoms with E-state index in [1.54, 1.807) is 0 Å². The van der Waals surface area contributed by atoms with E-state index in [2.05, 4.69) is 16.8 Å². The van der Waals surface area contributed by atoms with Crippen LogP contribution in [0.2, 0.25) is 0 Å². The molecule has 2 fully saturated rings. The molecule has 3 nitrogen and oxygen atoms in total. The van der Waals surface area contributed by atoms with E-state index in [1.165, 1.54) is 39.0 Å². The van der Waals surface area contributed by atoms with Gasteiger partial charge < -0.3 is 10.6 Å². The van der Waals surface area contributed by atoms with E-state index in [9.17, 15) is 0 Å². The normalized spacial score (nSPS) is 30.5. The van der Waals surface area contributed by atoms with Crippen molar-refractivity contribution >= 4 is 0 Å². The molecule has 0 saturated carbocycles. The standard InChI is InChI=1S/C9H19N3/c1-11-4-2-3-9(5-11)6-12(7-9)8-10/h2-8,10H2,1H3. The van der Waals surface area contributed by atoms with Crippen molar-refractivity contribution in [2.75, 3.05) is 39.9 Å². The lowest BCUT2D eigenvalue weighted by molar-refractivity contribution is -0.0465. The Kier molecular flexibility index (Phi) is 2.10. The molecule has 0 aromatic carbocycles. The maximum atomic E-state index is 5.57. The average molecular weight is 169 g/mol. The summed E-state index contributed by atoms with van der Waals surface area (Å²) in [5.74, 6) is 0. The van der Waals surface area contributed by atoms with E-state index >= 15 is 0 Å². The minimum atomic E-state index is 0.617. The third-order valence-electron chi connectivity index (χ3n) is 3.23. The van der Waals surface area contributed by atoms with E-state index < -0.39 is 0 Å². The zero-order valence-electron chi connectivity index (χ0n) is 7.92. The maximum absolute atomic E-state index is 5.57. The summed E-state index contributed by atoms with van der Waals surface area (Å²) in [4.78, 5) is 4.79. The summed E-state index contributed by atoms with van der Waals surface area (Å²) < 4.78 is 0. The molecule has 2 aliphatic rings. The molecule has 2 aliphatic heterocycles. The molecule has 0 radical (unpaired) electrons. The molecule has 2 heterocycles. The fourth-order valence-electron chi connectivity index (χ4n) is 2.74. The Hall–Kier alpha value is -0.120. The van der Waals surface area contributed by atoms with Crippen molar-refractivity contribution in [1.82, 2.24) is 9.80 Å². The Morgan fingerprint density at radius 3 is 2.67 bits per heavy atom. The van der Waals surface area contributed by atoms with Gasteiger partial charge >= 0.3 is 0 Å². The molecule has 0 aliphatic carbocycles. The third-order valence-corrected chi connectivity index (χ3v) is 3.23. The zero-order valence-corrected chi connectivity index (χ0v) is 7.92. The minimum Gasteiger partial charge on any atom is -0.318 e. The summed E-state index contributed by atoms with van der Waals surface area (Å²) >= 11 is 0. The van der Waals surface area contributed by atoms with Crippen LogP contribution in [0.15, 0.2) is 0 Å². The number of nitrogens with two attached hydrogens (primary N) is 1. The van der Waals surface area contributed by atoms with E-state index in [0.717, 1.165) is 6.67 Å². The van der Waals surface area contributed by atoms with Gasteiger partial charge in [0.2, 0.25) is 0 Å². The molecule has 0 aromatic heterocycles.